The van der Waals surface area contributed by atoms with Crippen LogP contribution in [0.15, 0.2) is 16.7 Å². The van der Waals surface area contributed by atoms with Crippen molar-refractivity contribution in [3.63, 3.8) is 0 Å². The summed E-state index contributed by atoms with van der Waals surface area (Å²) in [5.74, 6) is 0.573. The highest BCUT2D eigenvalue weighted by Crippen LogP contribution is 2.30. The maximum Gasteiger partial charge on any atom is 0.305 e. The van der Waals surface area contributed by atoms with Gasteiger partial charge in [0, 0.05) is 29.7 Å². The minimum atomic E-state index is -0.171. The van der Waals surface area contributed by atoms with Crippen molar-refractivity contribution >= 4 is 34.0 Å². The van der Waals surface area contributed by atoms with Gasteiger partial charge in [0.25, 0.3) is 0 Å². The zero-order valence-corrected chi connectivity index (χ0v) is 13.6. The zero-order chi connectivity index (χ0) is 15.2. The molecule has 0 aliphatic carbocycles. The number of hydrogen-bond donors (Lipinski definition) is 0. The monoisotopic (exact) mass is 354 g/mol. The number of aromatic nitrogens is 1. The second kappa shape index (κ2) is 7.54. The second-order valence-corrected chi connectivity index (χ2v) is 6.06. The van der Waals surface area contributed by atoms with Gasteiger partial charge in [-0.3, -0.25) is 9.59 Å². The molecule has 1 aliphatic rings. The van der Waals surface area contributed by atoms with Gasteiger partial charge in [-0.05, 0) is 47.7 Å². The third kappa shape index (κ3) is 4.03. The molecule has 1 aromatic heterocycles. The van der Waals surface area contributed by atoms with Crippen molar-refractivity contribution in [3.05, 3.63) is 22.3 Å². The summed E-state index contributed by atoms with van der Waals surface area (Å²) in [7, 11) is 1.41. The van der Waals surface area contributed by atoms with Gasteiger partial charge in [-0.2, -0.15) is 0 Å². The summed E-state index contributed by atoms with van der Waals surface area (Å²) in [4.78, 5) is 29.0. The van der Waals surface area contributed by atoms with E-state index in [9.17, 15) is 9.59 Å². The molecule has 2 rings (SSSR count). The highest BCUT2D eigenvalue weighted by molar-refractivity contribution is 9.10. The van der Waals surface area contributed by atoms with Crippen LogP contribution in [0.1, 0.15) is 42.5 Å². The van der Waals surface area contributed by atoms with Crippen molar-refractivity contribution < 1.29 is 14.3 Å². The molecule has 5 nitrogen and oxygen atoms in total. The van der Waals surface area contributed by atoms with Gasteiger partial charge in [-0.15, -0.1) is 0 Å². The molecule has 114 valence electrons. The molecule has 1 atom stereocenters. The fourth-order valence-corrected chi connectivity index (χ4v) is 3.12. The summed E-state index contributed by atoms with van der Waals surface area (Å²) in [5, 5.41) is 0. The molecule has 0 amide bonds. The van der Waals surface area contributed by atoms with E-state index in [1.165, 1.54) is 7.11 Å². The Balaban J connectivity index is 2.04. The number of hydrogen-bond acceptors (Lipinski definition) is 5. The van der Waals surface area contributed by atoms with Crippen LogP contribution < -0.4 is 4.90 Å². The van der Waals surface area contributed by atoms with Crippen LogP contribution in [-0.2, 0) is 9.53 Å². The maximum absolute atomic E-state index is 11.2. The summed E-state index contributed by atoms with van der Waals surface area (Å²) in [6, 6.07) is 2.13. The standard InChI is InChI=1S/C15H19BrN2O3/c1-21-14(20)6-2-4-13-5-3-7-18(13)15-11(10-19)8-12(16)9-17-15/h8-10,13H,2-7H2,1H3. The van der Waals surface area contributed by atoms with Gasteiger partial charge in [-0.25, -0.2) is 4.98 Å². The predicted octanol–water partition coefficient (Wildman–Crippen LogP) is 2.97. The largest absolute Gasteiger partial charge is 0.469 e. The molecule has 1 unspecified atom stereocenters. The van der Waals surface area contributed by atoms with Crippen LogP contribution in [0, 0.1) is 0 Å². The van der Waals surface area contributed by atoms with Gasteiger partial charge in [0.05, 0.1) is 12.7 Å². The first-order valence-electron chi connectivity index (χ1n) is 7.10. The Kier molecular flexibility index (Phi) is 5.73. The number of anilines is 1. The Morgan fingerprint density at radius 2 is 2.43 bits per heavy atom. The van der Waals surface area contributed by atoms with Gasteiger partial charge in [0.2, 0.25) is 0 Å². The van der Waals surface area contributed by atoms with Crippen LogP contribution in [0.3, 0.4) is 0 Å². The lowest BCUT2D eigenvalue weighted by Crippen LogP contribution is -2.31. The number of methoxy groups -OCH3 is 1. The maximum atomic E-state index is 11.2. The van der Waals surface area contributed by atoms with Crippen LogP contribution >= 0.6 is 15.9 Å². The lowest BCUT2D eigenvalue weighted by Gasteiger charge is -2.26. The fraction of sp³-hybridized carbons (Fsp3) is 0.533. The van der Waals surface area contributed by atoms with Crippen molar-refractivity contribution in [1.82, 2.24) is 4.98 Å². The molecule has 1 aliphatic heterocycles. The summed E-state index contributed by atoms with van der Waals surface area (Å²) in [6.45, 7) is 0.901. The zero-order valence-electron chi connectivity index (χ0n) is 12.0. The van der Waals surface area contributed by atoms with Crippen molar-refractivity contribution in [3.8, 4) is 0 Å². The molecule has 0 saturated carbocycles. The third-order valence-electron chi connectivity index (χ3n) is 3.78. The summed E-state index contributed by atoms with van der Waals surface area (Å²) in [5.41, 5.74) is 0.601. The molecule has 0 radical (unpaired) electrons. The Hall–Kier alpha value is -1.43. The Morgan fingerprint density at radius 1 is 1.62 bits per heavy atom. The van der Waals surface area contributed by atoms with Gasteiger partial charge < -0.3 is 9.64 Å². The summed E-state index contributed by atoms with van der Waals surface area (Å²) < 4.78 is 5.46. The summed E-state index contributed by atoms with van der Waals surface area (Å²) in [6.07, 6.45) is 6.85. The number of pyridine rings is 1. The highest BCUT2D eigenvalue weighted by atomic mass is 79.9. The number of carbonyl (C=O) groups excluding carboxylic acids is 2. The van der Waals surface area contributed by atoms with Crippen LogP contribution in [0.4, 0.5) is 5.82 Å². The fourth-order valence-electron chi connectivity index (χ4n) is 2.77. The van der Waals surface area contributed by atoms with Gasteiger partial charge in [-0.1, -0.05) is 0 Å². The minimum Gasteiger partial charge on any atom is -0.469 e. The van der Waals surface area contributed by atoms with Crippen molar-refractivity contribution in [2.24, 2.45) is 0 Å². The highest BCUT2D eigenvalue weighted by Gasteiger charge is 2.27. The quantitative estimate of drug-likeness (QED) is 0.580. The van der Waals surface area contributed by atoms with Crippen LogP contribution in [0.2, 0.25) is 0 Å². The van der Waals surface area contributed by atoms with E-state index in [4.69, 9.17) is 0 Å². The van der Waals surface area contributed by atoms with E-state index in [-0.39, 0.29) is 5.97 Å². The number of ether oxygens (including phenoxy) is 1. The SMILES string of the molecule is COC(=O)CCCC1CCCN1c1ncc(Br)cc1C=O. The number of halogens is 1. The molecular formula is C15H19BrN2O3. The van der Waals surface area contributed by atoms with Gasteiger partial charge in [0.1, 0.15) is 5.82 Å². The smallest absolute Gasteiger partial charge is 0.305 e. The molecule has 6 heteroatoms. The van der Waals surface area contributed by atoms with E-state index in [1.54, 1.807) is 12.3 Å². The van der Waals surface area contributed by atoms with E-state index in [1.807, 2.05) is 0 Å². The van der Waals surface area contributed by atoms with Gasteiger partial charge in [0.15, 0.2) is 6.29 Å². The molecule has 0 N–H and O–H groups in total. The average Bonchev–Trinajstić information content (AvgIpc) is 2.95. The first-order valence-corrected chi connectivity index (χ1v) is 7.89. The molecule has 1 saturated heterocycles. The number of rotatable bonds is 6. The molecule has 0 bridgehead atoms. The number of aldehydes is 1. The van der Waals surface area contributed by atoms with E-state index in [0.717, 1.165) is 48.8 Å². The first kappa shape index (κ1) is 15.9. The summed E-state index contributed by atoms with van der Waals surface area (Å²) >= 11 is 3.34. The Labute approximate surface area is 132 Å². The predicted molar refractivity (Wildman–Crippen MR) is 83.6 cm³/mol. The second-order valence-electron chi connectivity index (χ2n) is 5.14. The van der Waals surface area contributed by atoms with Gasteiger partial charge >= 0.3 is 5.97 Å². The first-order chi connectivity index (χ1) is 10.2. The Morgan fingerprint density at radius 3 is 3.14 bits per heavy atom. The molecule has 21 heavy (non-hydrogen) atoms. The van der Waals surface area contributed by atoms with E-state index >= 15 is 0 Å². The van der Waals surface area contributed by atoms with Crippen molar-refractivity contribution in [2.45, 2.75) is 38.1 Å². The topological polar surface area (TPSA) is 59.5 Å². The lowest BCUT2D eigenvalue weighted by atomic mass is 10.1. The molecule has 0 aromatic carbocycles. The van der Waals surface area contributed by atoms with E-state index < -0.39 is 0 Å². The molecule has 1 fully saturated rings. The molecule has 0 spiro atoms. The number of carbonyl (C=O) groups is 2. The van der Waals surface area contributed by atoms with E-state index in [2.05, 4.69) is 30.6 Å². The van der Waals surface area contributed by atoms with Crippen molar-refractivity contribution in [2.75, 3.05) is 18.6 Å². The number of nitrogens with zero attached hydrogens (tertiary/aromatic N) is 2. The third-order valence-corrected chi connectivity index (χ3v) is 4.22. The molecular weight excluding hydrogens is 336 g/mol. The number of esters is 1. The van der Waals surface area contributed by atoms with Crippen molar-refractivity contribution in [1.29, 1.82) is 0 Å². The average molecular weight is 355 g/mol. The lowest BCUT2D eigenvalue weighted by molar-refractivity contribution is -0.140. The normalized spacial score (nSPS) is 17.8. The molecule has 2 heterocycles. The van der Waals surface area contributed by atoms with E-state index in [0.29, 0.717) is 18.0 Å². The van der Waals surface area contributed by atoms with Crippen LogP contribution in [0.25, 0.3) is 0 Å². The minimum absolute atomic E-state index is 0.171. The van der Waals surface area contributed by atoms with Crippen LogP contribution in [-0.4, -0.2) is 36.9 Å². The van der Waals surface area contributed by atoms with Crippen LogP contribution in [0.5, 0.6) is 0 Å². The Bertz CT molecular complexity index is 522. The molecule has 1 aromatic rings.